The molecule has 27 heavy (non-hydrogen) atoms. The second kappa shape index (κ2) is 8.29. The quantitative estimate of drug-likeness (QED) is 0.695. The SMILES string of the molecule is Cc1oc(-c2ccccc2)nc1COC1=CC(=N)/C(=C\[NH2+]CC(=O)O)C=C1. The number of rotatable bonds is 7. The zero-order valence-electron chi connectivity index (χ0n) is 14.8. The van der Waals surface area contributed by atoms with Crippen LogP contribution >= 0.6 is 0 Å². The number of quaternary nitrogens is 1. The fraction of sp³-hybridized carbons (Fsp3) is 0.150. The Hall–Kier alpha value is -3.45. The fourth-order valence-corrected chi connectivity index (χ4v) is 2.48. The first-order chi connectivity index (χ1) is 13.0. The van der Waals surface area contributed by atoms with Gasteiger partial charge in [0.25, 0.3) is 0 Å². The maximum atomic E-state index is 10.5. The van der Waals surface area contributed by atoms with Crippen LogP contribution in [0.3, 0.4) is 0 Å². The number of oxazole rings is 1. The molecule has 2 aromatic rings. The highest BCUT2D eigenvalue weighted by atomic mass is 16.5. The van der Waals surface area contributed by atoms with Gasteiger partial charge in [0.15, 0.2) is 6.54 Å². The summed E-state index contributed by atoms with van der Waals surface area (Å²) < 4.78 is 11.5. The lowest BCUT2D eigenvalue weighted by atomic mass is 10.1. The number of nitrogens with two attached hydrogens (primary N) is 1. The van der Waals surface area contributed by atoms with Crippen LogP contribution in [-0.4, -0.2) is 28.3 Å². The number of ether oxygens (including phenoxy) is 1. The topological polar surface area (TPSA) is 113 Å². The van der Waals surface area contributed by atoms with Crippen LogP contribution in [0.5, 0.6) is 0 Å². The van der Waals surface area contributed by atoms with E-state index in [0.717, 1.165) is 5.56 Å². The van der Waals surface area contributed by atoms with Gasteiger partial charge in [-0.15, -0.1) is 0 Å². The van der Waals surface area contributed by atoms with Crippen molar-refractivity contribution in [1.82, 2.24) is 4.98 Å². The van der Waals surface area contributed by atoms with E-state index in [4.69, 9.17) is 19.7 Å². The maximum Gasteiger partial charge on any atom is 0.359 e. The molecule has 0 fully saturated rings. The molecule has 1 aliphatic carbocycles. The summed E-state index contributed by atoms with van der Waals surface area (Å²) in [7, 11) is 0. The van der Waals surface area contributed by atoms with Gasteiger partial charge >= 0.3 is 5.97 Å². The first kappa shape index (κ1) is 18.3. The fourth-order valence-electron chi connectivity index (χ4n) is 2.48. The third kappa shape index (κ3) is 4.80. The lowest BCUT2D eigenvalue weighted by Gasteiger charge is -2.11. The molecule has 1 aromatic heterocycles. The zero-order chi connectivity index (χ0) is 19.2. The Morgan fingerprint density at radius 1 is 1.33 bits per heavy atom. The predicted octanol–water partition coefficient (Wildman–Crippen LogP) is 2.17. The average Bonchev–Trinajstić information content (AvgIpc) is 3.03. The number of aryl methyl sites for hydroxylation is 1. The molecule has 4 N–H and O–H groups in total. The number of aromatic nitrogens is 1. The van der Waals surface area contributed by atoms with Crippen molar-refractivity contribution < 1.29 is 24.4 Å². The largest absolute Gasteiger partial charge is 0.487 e. The summed E-state index contributed by atoms with van der Waals surface area (Å²) in [6.07, 6.45) is 6.68. The van der Waals surface area contributed by atoms with E-state index >= 15 is 0 Å². The summed E-state index contributed by atoms with van der Waals surface area (Å²) in [5.41, 5.74) is 2.49. The molecule has 7 nitrogen and oxygen atoms in total. The number of allylic oxidation sites excluding steroid dienone is 4. The molecule has 0 bridgehead atoms. The molecule has 0 saturated heterocycles. The minimum Gasteiger partial charge on any atom is -0.487 e. The van der Waals surface area contributed by atoms with E-state index in [-0.39, 0.29) is 18.9 Å². The van der Waals surface area contributed by atoms with Gasteiger partial charge in [-0.3, -0.25) is 5.41 Å². The molecule has 1 aliphatic rings. The molecule has 0 spiro atoms. The van der Waals surface area contributed by atoms with Crippen molar-refractivity contribution in [3.05, 3.63) is 77.5 Å². The van der Waals surface area contributed by atoms with E-state index in [2.05, 4.69) is 4.98 Å². The predicted molar refractivity (Wildman–Crippen MR) is 98.9 cm³/mol. The Labute approximate surface area is 156 Å². The Morgan fingerprint density at radius 3 is 2.81 bits per heavy atom. The van der Waals surface area contributed by atoms with Crippen LogP contribution in [0.15, 0.2) is 70.5 Å². The average molecular weight is 366 g/mol. The minimum atomic E-state index is -0.907. The van der Waals surface area contributed by atoms with E-state index in [1.165, 1.54) is 5.32 Å². The number of carboxylic acids is 1. The Bertz CT molecular complexity index is 939. The van der Waals surface area contributed by atoms with Gasteiger partial charge in [0.05, 0.1) is 11.3 Å². The lowest BCUT2D eigenvalue weighted by molar-refractivity contribution is -0.577. The molecule has 0 unspecified atom stereocenters. The first-order valence-corrected chi connectivity index (χ1v) is 8.41. The highest BCUT2D eigenvalue weighted by Crippen LogP contribution is 2.23. The maximum absolute atomic E-state index is 10.5. The summed E-state index contributed by atoms with van der Waals surface area (Å²) in [5, 5.41) is 18.2. The summed E-state index contributed by atoms with van der Waals surface area (Å²) in [5.74, 6) is 0.870. The van der Waals surface area contributed by atoms with Gasteiger partial charge in [-0.05, 0) is 31.2 Å². The molecular formula is C20H20N3O4+. The van der Waals surface area contributed by atoms with Gasteiger partial charge in [-0.2, -0.15) is 0 Å². The Kier molecular flexibility index (Phi) is 5.63. The van der Waals surface area contributed by atoms with Crippen molar-refractivity contribution in [2.75, 3.05) is 6.54 Å². The Balaban J connectivity index is 1.61. The molecule has 1 heterocycles. The summed E-state index contributed by atoms with van der Waals surface area (Å²) >= 11 is 0. The standard InChI is InChI=1S/C20H19N3O4/c1-13-18(23-20(27-13)14-5-3-2-4-6-14)12-26-16-8-7-15(17(21)9-16)10-22-11-19(24)25/h2-10,21-22H,11-12H2,1H3,(H,24,25)/p+1/b15-10-,21-17?. The van der Waals surface area contributed by atoms with Crippen molar-refractivity contribution in [2.24, 2.45) is 0 Å². The number of carbonyl (C=O) groups is 1. The zero-order valence-corrected chi connectivity index (χ0v) is 14.8. The number of aliphatic carboxylic acids is 1. The molecule has 138 valence electrons. The number of hydrogen-bond donors (Lipinski definition) is 3. The molecule has 0 aliphatic heterocycles. The van der Waals surface area contributed by atoms with Gasteiger partial charge in [0, 0.05) is 11.6 Å². The van der Waals surface area contributed by atoms with Crippen LogP contribution in [0.4, 0.5) is 0 Å². The summed E-state index contributed by atoms with van der Waals surface area (Å²) in [6.45, 7) is 1.99. The van der Waals surface area contributed by atoms with Crippen LogP contribution in [0, 0.1) is 12.3 Å². The number of carboxylic acid groups (broad SMARTS) is 1. The van der Waals surface area contributed by atoms with Gasteiger partial charge in [0.2, 0.25) is 5.89 Å². The number of hydrogen-bond acceptors (Lipinski definition) is 5. The van der Waals surface area contributed by atoms with Crippen molar-refractivity contribution >= 4 is 11.7 Å². The van der Waals surface area contributed by atoms with E-state index < -0.39 is 5.97 Å². The monoisotopic (exact) mass is 366 g/mol. The van der Waals surface area contributed by atoms with Crippen molar-refractivity contribution in [3.63, 3.8) is 0 Å². The highest BCUT2D eigenvalue weighted by Gasteiger charge is 2.14. The van der Waals surface area contributed by atoms with Crippen LogP contribution in [0.2, 0.25) is 0 Å². The van der Waals surface area contributed by atoms with E-state index in [1.807, 2.05) is 37.3 Å². The lowest BCUT2D eigenvalue weighted by Crippen LogP contribution is -2.80. The molecule has 7 heteroatoms. The van der Waals surface area contributed by atoms with E-state index in [0.29, 0.717) is 28.7 Å². The van der Waals surface area contributed by atoms with Gasteiger partial charge in [0.1, 0.15) is 30.0 Å². The normalized spacial score (nSPS) is 15.1. The molecule has 0 atom stereocenters. The molecule has 0 saturated carbocycles. The second-order valence-electron chi connectivity index (χ2n) is 5.93. The highest BCUT2D eigenvalue weighted by molar-refractivity contribution is 6.09. The first-order valence-electron chi connectivity index (χ1n) is 8.41. The minimum absolute atomic E-state index is 0.0765. The van der Waals surface area contributed by atoms with Crippen LogP contribution in [0.25, 0.3) is 11.5 Å². The number of nitrogens with one attached hydrogen (secondary N) is 1. The molecule has 1 aromatic carbocycles. The third-order valence-corrected chi connectivity index (χ3v) is 3.90. The Morgan fingerprint density at radius 2 is 2.11 bits per heavy atom. The van der Waals surface area contributed by atoms with E-state index in [9.17, 15) is 4.79 Å². The molecule has 0 radical (unpaired) electrons. The van der Waals surface area contributed by atoms with Crippen molar-refractivity contribution in [3.8, 4) is 11.5 Å². The third-order valence-electron chi connectivity index (χ3n) is 3.90. The molecule has 3 rings (SSSR count). The van der Waals surface area contributed by atoms with Gasteiger partial charge in [-0.1, -0.05) is 18.2 Å². The number of nitrogens with zero attached hydrogens (tertiary/aromatic N) is 1. The summed E-state index contributed by atoms with van der Waals surface area (Å²) in [4.78, 5) is 15.0. The molecule has 0 amide bonds. The van der Waals surface area contributed by atoms with Crippen molar-refractivity contribution in [1.29, 1.82) is 5.41 Å². The van der Waals surface area contributed by atoms with Gasteiger partial charge in [-0.25, -0.2) is 9.78 Å². The van der Waals surface area contributed by atoms with Crippen LogP contribution in [0.1, 0.15) is 11.5 Å². The van der Waals surface area contributed by atoms with Crippen LogP contribution in [-0.2, 0) is 16.1 Å². The smallest absolute Gasteiger partial charge is 0.359 e. The van der Waals surface area contributed by atoms with Crippen molar-refractivity contribution in [2.45, 2.75) is 13.5 Å². The van der Waals surface area contributed by atoms with Gasteiger partial charge < -0.3 is 19.6 Å². The second-order valence-corrected chi connectivity index (χ2v) is 5.93. The molecular weight excluding hydrogens is 346 g/mol. The summed E-state index contributed by atoms with van der Waals surface area (Å²) in [6, 6.07) is 9.64. The number of benzene rings is 1. The van der Waals surface area contributed by atoms with E-state index in [1.54, 1.807) is 24.4 Å². The van der Waals surface area contributed by atoms with Crippen LogP contribution < -0.4 is 5.32 Å².